The Kier molecular flexibility index (Phi) is 7.66. The second-order valence-corrected chi connectivity index (χ2v) is 9.89. The van der Waals surface area contributed by atoms with Crippen molar-refractivity contribution in [2.24, 2.45) is 0 Å². The number of fused-ring (bicyclic) bond motifs is 1. The molecule has 1 amide bonds. The van der Waals surface area contributed by atoms with Crippen molar-refractivity contribution in [3.63, 3.8) is 0 Å². The average molecular weight is 525 g/mol. The van der Waals surface area contributed by atoms with Gasteiger partial charge in [-0.1, -0.05) is 23.7 Å². The third kappa shape index (κ3) is 5.60. The van der Waals surface area contributed by atoms with Gasteiger partial charge in [0.15, 0.2) is 5.82 Å². The third-order valence-corrected chi connectivity index (χ3v) is 7.15. The van der Waals surface area contributed by atoms with Gasteiger partial charge in [0.05, 0.1) is 36.6 Å². The fourth-order valence-corrected chi connectivity index (χ4v) is 4.88. The Labute approximate surface area is 221 Å². The first kappa shape index (κ1) is 25.5. The topological polar surface area (TPSA) is 92.7 Å². The lowest BCUT2D eigenvalue weighted by molar-refractivity contribution is 0.0383. The molecule has 2 aliphatic heterocycles. The van der Waals surface area contributed by atoms with E-state index in [4.69, 9.17) is 26.1 Å². The minimum absolute atomic E-state index is 0.0988. The van der Waals surface area contributed by atoms with Crippen LogP contribution in [0.5, 0.6) is 0 Å². The number of ether oxygens (including phenoxy) is 2. The van der Waals surface area contributed by atoms with Gasteiger partial charge < -0.3 is 30.0 Å². The van der Waals surface area contributed by atoms with Crippen molar-refractivity contribution < 1.29 is 14.3 Å². The molecule has 0 aliphatic carbocycles. The van der Waals surface area contributed by atoms with Crippen molar-refractivity contribution in [2.45, 2.75) is 19.1 Å². The van der Waals surface area contributed by atoms with E-state index in [0.717, 1.165) is 61.0 Å². The van der Waals surface area contributed by atoms with E-state index in [1.165, 1.54) is 0 Å². The molecule has 3 N–H and O–H groups in total. The summed E-state index contributed by atoms with van der Waals surface area (Å²) in [6, 6.07) is 13.4. The highest BCUT2D eigenvalue weighted by molar-refractivity contribution is 6.30. The van der Waals surface area contributed by atoms with Gasteiger partial charge >= 0.3 is 0 Å². The standard InChI is InChI=1S/C27H33ClN6O3/c1-27(20-4-6-21(28)7-5-20)30-18-23(32-27)25-31-22-17-19(3-8-24(22)34(25)13-14-36-2)26(35)29-9-10-33-11-15-37-16-12-33/h3-8,17-18,30,32H,9-16H2,1-2H3,(H,29,35). The number of nitrogens with zero attached hydrogens (tertiary/aromatic N) is 3. The third-order valence-electron chi connectivity index (χ3n) is 6.90. The molecule has 1 aromatic heterocycles. The van der Waals surface area contributed by atoms with Gasteiger partial charge in [-0.2, -0.15) is 0 Å². The minimum Gasteiger partial charge on any atom is -0.383 e. The summed E-state index contributed by atoms with van der Waals surface area (Å²) in [5.41, 5.74) is 3.71. The molecule has 0 saturated carbocycles. The summed E-state index contributed by atoms with van der Waals surface area (Å²) < 4.78 is 12.9. The Balaban J connectivity index is 1.35. The maximum atomic E-state index is 12.9. The summed E-state index contributed by atoms with van der Waals surface area (Å²) >= 11 is 6.09. The predicted octanol–water partition coefficient (Wildman–Crippen LogP) is 2.76. The van der Waals surface area contributed by atoms with Crippen molar-refractivity contribution >= 4 is 34.2 Å². The van der Waals surface area contributed by atoms with E-state index < -0.39 is 5.66 Å². The zero-order valence-electron chi connectivity index (χ0n) is 21.2. The summed E-state index contributed by atoms with van der Waals surface area (Å²) in [4.78, 5) is 20.1. The molecule has 2 aliphatic rings. The van der Waals surface area contributed by atoms with E-state index in [0.29, 0.717) is 30.3 Å². The lowest BCUT2D eigenvalue weighted by atomic mass is 10.0. The molecular formula is C27H33ClN6O3. The molecule has 0 radical (unpaired) electrons. The maximum absolute atomic E-state index is 12.9. The van der Waals surface area contributed by atoms with Crippen molar-refractivity contribution in [1.82, 2.24) is 30.4 Å². The molecule has 3 heterocycles. The Hall–Kier alpha value is -3.11. The SMILES string of the molecule is COCCn1c(C2=CNC(C)(c3ccc(Cl)cc3)N2)nc2cc(C(=O)NCCN3CCOCC3)ccc21. The Morgan fingerprint density at radius 1 is 1.19 bits per heavy atom. The maximum Gasteiger partial charge on any atom is 0.251 e. The fourth-order valence-electron chi connectivity index (χ4n) is 4.76. The monoisotopic (exact) mass is 524 g/mol. The molecule has 0 bridgehead atoms. The average Bonchev–Trinajstić information content (AvgIpc) is 3.49. The number of hydrogen-bond acceptors (Lipinski definition) is 7. The van der Waals surface area contributed by atoms with Crippen LogP contribution in [0, 0.1) is 0 Å². The number of morpholine rings is 1. The van der Waals surface area contributed by atoms with Crippen molar-refractivity contribution in [3.05, 3.63) is 70.6 Å². The van der Waals surface area contributed by atoms with Gasteiger partial charge in [-0.25, -0.2) is 4.98 Å². The molecule has 1 saturated heterocycles. The number of rotatable bonds is 9. The molecule has 37 heavy (non-hydrogen) atoms. The second-order valence-electron chi connectivity index (χ2n) is 9.45. The number of carbonyl (C=O) groups excluding carboxylic acids is 1. The van der Waals surface area contributed by atoms with Crippen molar-refractivity contribution in [2.75, 3.05) is 53.1 Å². The first-order valence-corrected chi connectivity index (χ1v) is 12.9. The van der Waals surface area contributed by atoms with E-state index >= 15 is 0 Å². The molecule has 196 valence electrons. The lowest BCUT2D eigenvalue weighted by Crippen LogP contribution is -2.43. The van der Waals surface area contributed by atoms with Crippen LogP contribution < -0.4 is 16.0 Å². The molecule has 3 aromatic rings. The smallest absolute Gasteiger partial charge is 0.251 e. The molecule has 1 fully saturated rings. The predicted molar refractivity (Wildman–Crippen MR) is 144 cm³/mol. The normalized spacial score (nSPS) is 19.9. The molecule has 9 nitrogen and oxygen atoms in total. The van der Waals surface area contributed by atoms with Crippen LogP contribution in [0.3, 0.4) is 0 Å². The van der Waals surface area contributed by atoms with Gasteiger partial charge in [-0.3, -0.25) is 9.69 Å². The Morgan fingerprint density at radius 2 is 1.97 bits per heavy atom. The molecule has 0 spiro atoms. The molecule has 1 unspecified atom stereocenters. The number of imidazole rings is 1. The van der Waals surface area contributed by atoms with Crippen LogP contribution in [0.4, 0.5) is 0 Å². The van der Waals surface area contributed by atoms with E-state index in [-0.39, 0.29) is 5.91 Å². The second kappa shape index (κ2) is 11.1. The van der Waals surface area contributed by atoms with Crippen LogP contribution in [0.1, 0.15) is 28.7 Å². The van der Waals surface area contributed by atoms with Crippen LogP contribution in [-0.2, 0) is 21.7 Å². The summed E-state index contributed by atoms with van der Waals surface area (Å²) in [6.07, 6.45) is 1.94. The Bertz CT molecular complexity index is 1290. The Morgan fingerprint density at radius 3 is 2.73 bits per heavy atom. The van der Waals surface area contributed by atoms with Crippen LogP contribution in [0.25, 0.3) is 16.7 Å². The van der Waals surface area contributed by atoms with Gasteiger partial charge in [-0.05, 0) is 42.8 Å². The highest BCUT2D eigenvalue weighted by Gasteiger charge is 2.33. The van der Waals surface area contributed by atoms with Crippen LogP contribution in [-0.4, -0.2) is 73.5 Å². The quantitative estimate of drug-likeness (QED) is 0.396. The van der Waals surface area contributed by atoms with Gasteiger partial charge in [-0.15, -0.1) is 0 Å². The zero-order valence-corrected chi connectivity index (χ0v) is 22.0. The van der Waals surface area contributed by atoms with Gasteiger partial charge in [0.25, 0.3) is 5.91 Å². The molecule has 2 aromatic carbocycles. The largest absolute Gasteiger partial charge is 0.383 e. The summed E-state index contributed by atoms with van der Waals surface area (Å²) in [5, 5.41) is 10.8. The van der Waals surface area contributed by atoms with Crippen LogP contribution in [0.2, 0.25) is 5.02 Å². The van der Waals surface area contributed by atoms with Crippen LogP contribution in [0.15, 0.2) is 48.7 Å². The summed E-state index contributed by atoms with van der Waals surface area (Å²) in [7, 11) is 1.68. The molecule has 1 atom stereocenters. The molecule has 5 rings (SSSR count). The minimum atomic E-state index is -0.504. The number of nitrogens with one attached hydrogen (secondary N) is 3. The summed E-state index contributed by atoms with van der Waals surface area (Å²) in [6.45, 7) is 7.95. The summed E-state index contributed by atoms with van der Waals surface area (Å²) in [5.74, 6) is 0.681. The van der Waals surface area contributed by atoms with Gasteiger partial charge in [0.1, 0.15) is 5.66 Å². The first-order chi connectivity index (χ1) is 18.0. The number of hydrogen-bond donors (Lipinski definition) is 3. The van der Waals surface area contributed by atoms with E-state index in [9.17, 15) is 4.79 Å². The van der Waals surface area contributed by atoms with E-state index in [2.05, 4.69) is 32.3 Å². The highest BCUT2D eigenvalue weighted by Crippen LogP contribution is 2.30. The molecule has 10 heteroatoms. The molecular weight excluding hydrogens is 492 g/mol. The highest BCUT2D eigenvalue weighted by atomic mass is 35.5. The zero-order chi connectivity index (χ0) is 25.8. The van der Waals surface area contributed by atoms with E-state index in [1.807, 2.05) is 48.7 Å². The van der Waals surface area contributed by atoms with Crippen molar-refractivity contribution in [3.8, 4) is 0 Å². The lowest BCUT2D eigenvalue weighted by Gasteiger charge is -2.27. The number of aromatic nitrogens is 2. The number of carbonyl (C=O) groups is 1. The number of benzene rings is 2. The van der Waals surface area contributed by atoms with Gasteiger partial charge in [0.2, 0.25) is 0 Å². The van der Waals surface area contributed by atoms with Crippen molar-refractivity contribution in [1.29, 1.82) is 0 Å². The van der Waals surface area contributed by atoms with Gasteiger partial charge in [0, 0.05) is 56.6 Å². The first-order valence-electron chi connectivity index (χ1n) is 12.6. The van der Waals surface area contributed by atoms with Crippen LogP contribution >= 0.6 is 11.6 Å². The van der Waals surface area contributed by atoms with E-state index in [1.54, 1.807) is 7.11 Å². The number of amides is 1. The number of methoxy groups -OCH3 is 1. The number of halogens is 1. The fraction of sp³-hybridized carbons (Fsp3) is 0.407.